The molecule has 134 valence electrons. The quantitative estimate of drug-likeness (QED) is 0.594. The normalized spacial score (nSPS) is 21.6. The van der Waals surface area contributed by atoms with Crippen molar-refractivity contribution in [3.05, 3.63) is 29.3 Å². The van der Waals surface area contributed by atoms with E-state index in [0.29, 0.717) is 17.2 Å². The van der Waals surface area contributed by atoms with Gasteiger partial charge in [-0.05, 0) is 50.3 Å². The number of piperidine rings is 1. The van der Waals surface area contributed by atoms with E-state index in [-0.39, 0.29) is 11.9 Å². The van der Waals surface area contributed by atoms with Crippen molar-refractivity contribution >= 4 is 11.6 Å². The fourth-order valence-corrected chi connectivity index (χ4v) is 3.31. The van der Waals surface area contributed by atoms with Crippen LogP contribution in [-0.4, -0.2) is 49.7 Å². The van der Waals surface area contributed by atoms with Gasteiger partial charge in [0.1, 0.15) is 0 Å². The number of nitrogens with one attached hydrogen (secondary N) is 1. The maximum atomic E-state index is 12.6. The van der Waals surface area contributed by atoms with Crippen LogP contribution in [0.3, 0.4) is 0 Å². The number of hydrogen-bond donors (Lipinski definition) is 2. The molecule has 24 heavy (non-hydrogen) atoms. The number of anilines is 1. The Morgan fingerprint density at radius 2 is 2.25 bits per heavy atom. The molecule has 5 nitrogen and oxygen atoms in total. The second kappa shape index (κ2) is 9.04. The van der Waals surface area contributed by atoms with E-state index >= 15 is 0 Å². The summed E-state index contributed by atoms with van der Waals surface area (Å²) in [6.45, 7) is 10.9. The number of nitrogens with zero attached hydrogens (tertiary/aromatic N) is 1. The van der Waals surface area contributed by atoms with Gasteiger partial charge in [0.05, 0.1) is 0 Å². The highest BCUT2D eigenvalue weighted by Gasteiger charge is 2.27. The average molecular weight is 333 g/mol. The summed E-state index contributed by atoms with van der Waals surface area (Å²) in [6, 6.07) is 5.71. The lowest BCUT2D eigenvalue weighted by Gasteiger charge is -2.37. The van der Waals surface area contributed by atoms with E-state index in [4.69, 9.17) is 10.5 Å². The number of amides is 1. The number of ether oxygens (including phenoxy) is 1. The zero-order valence-electron chi connectivity index (χ0n) is 15.2. The van der Waals surface area contributed by atoms with Gasteiger partial charge < -0.3 is 20.7 Å². The van der Waals surface area contributed by atoms with Crippen molar-refractivity contribution < 1.29 is 9.53 Å². The molecule has 2 atom stereocenters. The summed E-state index contributed by atoms with van der Waals surface area (Å²) in [5.41, 5.74) is 8.09. The fourth-order valence-electron chi connectivity index (χ4n) is 3.31. The van der Waals surface area contributed by atoms with Crippen molar-refractivity contribution in [2.75, 3.05) is 38.6 Å². The number of likely N-dealkylation sites (tertiary alicyclic amines) is 1. The van der Waals surface area contributed by atoms with Gasteiger partial charge in [0.15, 0.2) is 0 Å². The monoisotopic (exact) mass is 333 g/mol. The predicted octanol–water partition coefficient (Wildman–Crippen LogP) is 2.44. The molecule has 1 fully saturated rings. The molecule has 1 aliphatic rings. The number of benzene rings is 1. The summed E-state index contributed by atoms with van der Waals surface area (Å²) in [6.07, 6.45) is 2.06. The van der Waals surface area contributed by atoms with E-state index in [0.717, 1.165) is 51.3 Å². The number of carbonyl (C=O) groups excluding carboxylic acids is 1. The van der Waals surface area contributed by atoms with Crippen LogP contribution >= 0.6 is 0 Å². The van der Waals surface area contributed by atoms with Gasteiger partial charge in [-0.2, -0.15) is 0 Å². The van der Waals surface area contributed by atoms with Gasteiger partial charge in [-0.1, -0.05) is 13.0 Å². The highest BCUT2D eigenvalue weighted by molar-refractivity contribution is 5.96. The first kappa shape index (κ1) is 18.7. The van der Waals surface area contributed by atoms with E-state index < -0.39 is 0 Å². The van der Waals surface area contributed by atoms with Crippen LogP contribution in [-0.2, 0) is 4.74 Å². The van der Waals surface area contributed by atoms with Gasteiger partial charge in [0, 0.05) is 50.1 Å². The standard InChI is InChI=1S/C19H31N3O2/c1-4-24-11-5-9-22-10-8-18(15(3)13-22)21-19(23)17-12-16(20)7-6-14(17)2/h6-7,12,15,18H,4-5,8-11,13,20H2,1-3H3,(H,21,23). The van der Waals surface area contributed by atoms with E-state index in [1.807, 2.05) is 26.0 Å². The van der Waals surface area contributed by atoms with Crippen molar-refractivity contribution in [1.82, 2.24) is 10.2 Å². The zero-order valence-corrected chi connectivity index (χ0v) is 15.2. The second-order valence-electron chi connectivity index (χ2n) is 6.77. The fraction of sp³-hybridized carbons (Fsp3) is 0.632. The summed E-state index contributed by atoms with van der Waals surface area (Å²) in [4.78, 5) is 15.0. The number of carbonyl (C=O) groups is 1. The predicted molar refractivity (Wildman–Crippen MR) is 98.2 cm³/mol. The van der Waals surface area contributed by atoms with Crippen LogP contribution in [0.5, 0.6) is 0 Å². The third kappa shape index (κ3) is 5.21. The number of nitrogens with two attached hydrogens (primary N) is 1. The van der Waals surface area contributed by atoms with Crippen LogP contribution in [0.25, 0.3) is 0 Å². The molecule has 0 radical (unpaired) electrons. The Morgan fingerprint density at radius 3 is 2.96 bits per heavy atom. The molecule has 1 aromatic carbocycles. The van der Waals surface area contributed by atoms with Crippen molar-refractivity contribution in [3.63, 3.8) is 0 Å². The molecule has 1 aromatic rings. The van der Waals surface area contributed by atoms with Crippen molar-refractivity contribution in [2.24, 2.45) is 5.92 Å². The molecule has 0 aromatic heterocycles. The largest absolute Gasteiger partial charge is 0.399 e. The number of aryl methyl sites for hydroxylation is 1. The Hall–Kier alpha value is -1.59. The Balaban J connectivity index is 1.84. The zero-order chi connectivity index (χ0) is 17.5. The maximum Gasteiger partial charge on any atom is 0.251 e. The second-order valence-corrected chi connectivity index (χ2v) is 6.77. The molecule has 5 heteroatoms. The minimum absolute atomic E-state index is 0.0126. The minimum Gasteiger partial charge on any atom is -0.399 e. The maximum absolute atomic E-state index is 12.6. The van der Waals surface area contributed by atoms with Gasteiger partial charge in [-0.25, -0.2) is 0 Å². The Kier molecular flexibility index (Phi) is 7.06. The van der Waals surface area contributed by atoms with E-state index in [1.54, 1.807) is 6.07 Å². The third-order valence-electron chi connectivity index (χ3n) is 4.78. The Labute approximate surface area is 145 Å². The highest BCUT2D eigenvalue weighted by atomic mass is 16.5. The number of hydrogen-bond acceptors (Lipinski definition) is 4. The first-order valence-corrected chi connectivity index (χ1v) is 8.98. The number of rotatable bonds is 7. The lowest BCUT2D eigenvalue weighted by molar-refractivity contribution is 0.0843. The van der Waals surface area contributed by atoms with Crippen molar-refractivity contribution in [2.45, 2.75) is 39.7 Å². The summed E-state index contributed by atoms with van der Waals surface area (Å²) in [5.74, 6) is 0.428. The molecule has 0 bridgehead atoms. The highest BCUT2D eigenvalue weighted by Crippen LogP contribution is 2.19. The summed E-state index contributed by atoms with van der Waals surface area (Å²) >= 11 is 0. The van der Waals surface area contributed by atoms with Crippen LogP contribution in [0.1, 0.15) is 42.6 Å². The first-order valence-electron chi connectivity index (χ1n) is 8.98. The molecule has 0 spiro atoms. The molecule has 1 amide bonds. The Bertz CT molecular complexity index is 547. The molecule has 0 aliphatic carbocycles. The van der Waals surface area contributed by atoms with E-state index in [1.165, 1.54) is 0 Å². The molecular weight excluding hydrogens is 302 g/mol. The average Bonchev–Trinajstić information content (AvgIpc) is 2.56. The molecule has 1 heterocycles. The molecule has 2 unspecified atom stereocenters. The molecular formula is C19H31N3O2. The van der Waals surface area contributed by atoms with Crippen LogP contribution < -0.4 is 11.1 Å². The van der Waals surface area contributed by atoms with Crippen LogP contribution in [0, 0.1) is 12.8 Å². The topological polar surface area (TPSA) is 67.6 Å². The molecule has 0 saturated carbocycles. The Morgan fingerprint density at radius 1 is 1.46 bits per heavy atom. The summed E-state index contributed by atoms with van der Waals surface area (Å²) in [5, 5.41) is 3.20. The van der Waals surface area contributed by atoms with Gasteiger partial charge in [-0.3, -0.25) is 4.79 Å². The van der Waals surface area contributed by atoms with Gasteiger partial charge in [0.2, 0.25) is 0 Å². The number of nitrogen functional groups attached to an aromatic ring is 1. The van der Waals surface area contributed by atoms with Crippen LogP contribution in [0.15, 0.2) is 18.2 Å². The van der Waals surface area contributed by atoms with E-state index in [9.17, 15) is 4.79 Å². The van der Waals surface area contributed by atoms with Crippen LogP contribution in [0.2, 0.25) is 0 Å². The molecule has 2 rings (SSSR count). The molecule has 3 N–H and O–H groups in total. The third-order valence-corrected chi connectivity index (χ3v) is 4.78. The lowest BCUT2D eigenvalue weighted by Crippen LogP contribution is -2.50. The SMILES string of the molecule is CCOCCCN1CCC(NC(=O)c2cc(N)ccc2C)C(C)C1. The molecule has 1 saturated heterocycles. The summed E-state index contributed by atoms with van der Waals surface area (Å²) in [7, 11) is 0. The first-order chi connectivity index (χ1) is 11.5. The van der Waals surface area contributed by atoms with Crippen molar-refractivity contribution in [1.29, 1.82) is 0 Å². The van der Waals surface area contributed by atoms with Crippen LogP contribution in [0.4, 0.5) is 5.69 Å². The minimum atomic E-state index is -0.0126. The smallest absolute Gasteiger partial charge is 0.251 e. The van der Waals surface area contributed by atoms with Gasteiger partial charge in [0.25, 0.3) is 5.91 Å². The van der Waals surface area contributed by atoms with Gasteiger partial charge >= 0.3 is 0 Å². The van der Waals surface area contributed by atoms with Crippen molar-refractivity contribution in [3.8, 4) is 0 Å². The van der Waals surface area contributed by atoms with Gasteiger partial charge in [-0.15, -0.1) is 0 Å². The summed E-state index contributed by atoms with van der Waals surface area (Å²) < 4.78 is 5.40. The van der Waals surface area contributed by atoms with E-state index in [2.05, 4.69) is 17.1 Å². The molecule has 1 aliphatic heterocycles. The lowest BCUT2D eigenvalue weighted by atomic mass is 9.93.